The van der Waals surface area contributed by atoms with Crippen LogP contribution in [-0.2, 0) is 37.5 Å². The number of benzene rings is 8. The first-order valence-corrected chi connectivity index (χ1v) is 48.7. The SMILES string of the molecule is CCNC(=O)NCCCOc1cccc2c1-c1c3nc(c4c5ccc([nH]5)c5c6nc(c(c7ccc1[nH]7)-c1c(OCCCNC(=O)NCC)cccc1OCCOc1cc7c(cc1OCCOc1cccc(OCCCNC(=O)NCC)c1-5)CN1C(=O)N5Cc8cc(c(cc8CN8C(=O)N(C7)C1(c1ccccc1)C85c1ccccc1)OCCO2)OCCOc1cccc(OCCCNC(=O)NCC)c1-4)C=C6)C=C3. The van der Waals surface area contributed by atoms with Crippen LogP contribution in [-0.4, -0.2) is 207 Å². The van der Waals surface area contributed by atoms with Gasteiger partial charge in [-0.1, -0.05) is 84.9 Å². The van der Waals surface area contributed by atoms with Gasteiger partial charge in [0.1, 0.15) is 98.9 Å². The van der Waals surface area contributed by atoms with Gasteiger partial charge in [-0.15, -0.1) is 0 Å². The molecule has 2 saturated heterocycles. The number of aromatic amines is 2. The van der Waals surface area contributed by atoms with E-state index in [2.05, 4.69) is 52.5 Å². The summed E-state index contributed by atoms with van der Waals surface area (Å²) in [6.07, 6.45) is 9.32. The van der Waals surface area contributed by atoms with E-state index in [9.17, 15) is 19.2 Å². The second-order valence-electron chi connectivity index (χ2n) is 34.9. The van der Waals surface area contributed by atoms with Crippen LogP contribution in [0.3, 0.4) is 0 Å². The molecule has 12 bridgehead atoms. The van der Waals surface area contributed by atoms with E-state index in [0.29, 0.717) is 244 Å². The third-order valence-corrected chi connectivity index (χ3v) is 26.1. The maximum atomic E-state index is 17.2. The largest absolute Gasteiger partial charge is 0.493 e. The predicted molar refractivity (Wildman–Crippen MR) is 535 cm³/mol. The second-order valence-corrected chi connectivity index (χ2v) is 34.9. The molecule has 142 heavy (non-hydrogen) atoms. The van der Waals surface area contributed by atoms with Crippen molar-refractivity contribution in [3.05, 3.63) is 238 Å². The van der Waals surface area contributed by atoms with E-state index in [-0.39, 0.29) is 168 Å². The smallest absolute Gasteiger partial charge is 0.325 e. The van der Waals surface area contributed by atoms with Crippen molar-refractivity contribution in [3.8, 4) is 114 Å². The molecule has 11 aromatic rings. The Labute approximate surface area is 820 Å². The molecule has 19 rings (SSSR count). The summed E-state index contributed by atoms with van der Waals surface area (Å²) in [5.74, 6) is 4.18. The van der Waals surface area contributed by atoms with Crippen LogP contribution in [0.25, 0.3) is 90.9 Å². The Bertz CT molecular complexity index is 6140. The van der Waals surface area contributed by atoms with Gasteiger partial charge in [-0.3, -0.25) is 19.6 Å². The molecule has 34 nitrogen and oxygen atoms in total. The number of nitrogens with one attached hydrogen (secondary N) is 10. The van der Waals surface area contributed by atoms with Crippen LogP contribution < -0.4 is 99.4 Å². The van der Waals surface area contributed by atoms with E-state index in [1.807, 2.05) is 254 Å². The Balaban J connectivity index is 0.896. The molecule has 8 aliphatic heterocycles. The normalized spacial score (nSPS) is 16.5. The second kappa shape index (κ2) is 41.7. The summed E-state index contributed by atoms with van der Waals surface area (Å²) in [7, 11) is 0. The number of aromatic nitrogens is 4. The highest BCUT2D eigenvalue weighted by atomic mass is 16.6. The Kier molecular flexibility index (Phi) is 27.4. The Hall–Kier alpha value is -16.4. The summed E-state index contributed by atoms with van der Waals surface area (Å²) >= 11 is 0. The number of amides is 12. The number of hydrogen-bond acceptors (Lipinski definition) is 20. The summed E-state index contributed by atoms with van der Waals surface area (Å²) in [5, 5.41) is 23.1. The summed E-state index contributed by atoms with van der Waals surface area (Å²) in [5.41, 5.74) is 8.54. The first-order valence-electron chi connectivity index (χ1n) is 48.7. The summed E-state index contributed by atoms with van der Waals surface area (Å²) < 4.78 is 85.9. The maximum Gasteiger partial charge on any atom is 0.325 e. The third kappa shape index (κ3) is 18.1. The topological polar surface area (TPSA) is 380 Å². The number of carbonyl (C=O) groups is 6. The van der Waals surface area contributed by atoms with Crippen LogP contribution in [0.1, 0.15) is 110 Å². The number of ether oxygens (including phenoxy) is 12. The van der Waals surface area contributed by atoms with Gasteiger partial charge in [0, 0.05) is 108 Å². The standard InChI is InChI=1S/C108H112N16O18/c1-5-109-101(125)113-43-19-47-131-81-27-15-31-85-97(81)93-73-35-36-74(117-73)94-79-41-42-80(120-79)96-76-38-37-75(118-76)95(78-40-39-77(93)119-78)99-83(133-49-21-45-115-103(127)111-7-3)29-17-33-87(99)137-53-57-141-91-61-69-65-123-105(129)121-63-67-59-89(139-55-51-135-85)90(140-56-52-136-86-32-16-28-82(98(86)94)132-48-20-44-114-102(126)110-6-2)60-68(67)64-122-106(130)124(108(123,72-25-13-10-14-26-72)107(121,122)71-23-11-9-12-24-71)66-70(69)62-92(91)142-58-54-138-88-34-18-30-84(100(88)96)134-50-22-46-116-104(128)112-8-4/h9-18,23-42,59-62,119-120H,5-8,19-22,43-58,63-66H2,1-4H3,(H2,109,113,125)(H2,110,114,126)(H2,111,115,127)(H2,112,116,128). The molecule has 2 fully saturated rings. The lowest BCUT2D eigenvalue weighted by atomic mass is 9.79. The average Bonchev–Trinajstić information content (AvgIpc) is 1.46. The lowest BCUT2D eigenvalue weighted by Crippen LogP contribution is -2.62. The molecular formula is C108H112N16O18. The number of fused-ring (bicyclic) bond motifs is 20. The lowest BCUT2D eigenvalue weighted by Gasteiger charge is -2.49. The van der Waals surface area contributed by atoms with Crippen LogP contribution in [0.5, 0.6) is 69.0 Å². The van der Waals surface area contributed by atoms with Gasteiger partial charge < -0.3 is 109 Å². The molecule has 10 N–H and O–H groups in total. The number of nitrogens with zero attached hydrogens (tertiary/aromatic N) is 6. The lowest BCUT2D eigenvalue weighted by molar-refractivity contribution is -0.0793. The van der Waals surface area contributed by atoms with E-state index < -0.39 is 11.3 Å². The van der Waals surface area contributed by atoms with Crippen molar-refractivity contribution in [2.45, 2.75) is 90.9 Å². The van der Waals surface area contributed by atoms with Crippen LogP contribution in [0.2, 0.25) is 0 Å². The van der Waals surface area contributed by atoms with Gasteiger partial charge >= 0.3 is 36.2 Å². The van der Waals surface area contributed by atoms with Crippen LogP contribution >= 0.6 is 0 Å². The molecule has 0 radical (unpaired) electrons. The first-order chi connectivity index (χ1) is 69.7. The number of carbonyl (C=O) groups excluding carboxylic acids is 6. The van der Waals surface area contributed by atoms with E-state index >= 15 is 9.59 Å². The van der Waals surface area contributed by atoms with Crippen molar-refractivity contribution in [1.29, 1.82) is 0 Å². The van der Waals surface area contributed by atoms with Gasteiger partial charge in [-0.25, -0.2) is 38.7 Å². The van der Waals surface area contributed by atoms with Crippen molar-refractivity contribution in [2.75, 3.05) is 132 Å². The number of hydrogen-bond donors (Lipinski definition) is 10. The van der Waals surface area contributed by atoms with E-state index in [1.54, 1.807) is 0 Å². The molecule has 34 heteroatoms. The van der Waals surface area contributed by atoms with Gasteiger partial charge in [0.05, 0.1) is 97.6 Å². The number of rotatable bonds is 26. The zero-order valence-electron chi connectivity index (χ0n) is 79.5. The fourth-order valence-electron chi connectivity index (χ4n) is 20.2. The Morgan fingerprint density at radius 2 is 0.542 bits per heavy atom. The summed E-state index contributed by atoms with van der Waals surface area (Å²) in [6.45, 7) is 9.97. The molecule has 0 aliphatic carbocycles. The molecule has 11 heterocycles. The monoisotopic (exact) mass is 1920 g/mol. The molecule has 12 amide bonds. The molecule has 3 aromatic heterocycles. The molecule has 0 spiro atoms. The fraction of sp³-hybridized carbons (Fsp3) is 0.315. The predicted octanol–water partition coefficient (Wildman–Crippen LogP) is 16.4. The zero-order chi connectivity index (χ0) is 97.2. The summed E-state index contributed by atoms with van der Waals surface area (Å²) in [6, 6.07) is 55.6. The van der Waals surface area contributed by atoms with E-state index in [4.69, 9.17) is 66.8 Å². The van der Waals surface area contributed by atoms with Gasteiger partial charge in [0.15, 0.2) is 34.3 Å². The first kappa shape index (κ1) is 93.2. The quantitative estimate of drug-likeness (QED) is 0.0225. The van der Waals surface area contributed by atoms with Crippen molar-refractivity contribution in [3.63, 3.8) is 0 Å². The van der Waals surface area contributed by atoms with Crippen molar-refractivity contribution < 1.29 is 85.6 Å². The number of H-pyrrole nitrogens is 2. The Morgan fingerprint density at radius 1 is 0.303 bits per heavy atom. The van der Waals surface area contributed by atoms with Crippen LogP contribution in [0.15, 0.2) is 182 Å². The molecular weight excluding hydrogens is 1810 g/mol. The molecule has 8 aliphatic rings. The third-order valence-electron chi connectivity index (χ3n) is 26.1. The van der Waals surface area contributed by atoms with Crippen molar-refractivity contribution >= 4 is 82.6 Å². The highest BCUT2D eigenvalue weighted by Crippen LogP contribution is 2.66. The van der Waals surface area contributed by atoms with Gasteiger partial charge in [0.2, 0.25) is 0 Å². The highest BCUT2D eigenvalue weighted by molar-refractivity contribution is 6.04. The fourth-order valence-corrected chi connectivity index (χ4v) is 20.2. The van der Waals surface area contributed by atoms with E-state index in [0.717, 1.165) is 0 Å². The average molecular weight is 1920 g/mol. The Morgan fingerprint density at radius 3 is 0.782 bits per heavy atom. The molecule has 0 saturated carbocycles. The molecule has 732 valence electrons. The molecule has 0 atom stereocenters. The van der Waals surface area contributed by atoms with Crippen molar-refractivity contribution in [1.82, 2.24) is 82.1 Å². The molecule has 0 unspecified atom stereocenters. The maximum absolute atomic E-state index is 17.2. The van der Waals surface area contributed by atoms with Gasteiger partial charge in [-0.05, 0) is 197 Å². The minimum atomic E-state index is -1.61. The highest BCUT2D eigenvalue weighted by Gasteiger charge is 2.81. The minimum absolute atomic E-state index is 0.0209. The van der Waals surface area contributed by atoms with Crippen molar-refractivity contribution in [2.24, 2.45) is 0 Å². The van der Waals surface area contributed by atoms with E-state index in [1.165, 1.54) is 0 Å². The number of urea groups is 6. The summed E-state index contributed by atoms with van der Waals surface area (Å²) in [4.78, 5) is 114. The van der Waals surface area contributed by atoms with Crippen LogP contribution in [0, 0.1) is 0 Å². The van der Waals surface area contributed by atoms with Gasteiger partial charge in [0.25, 0.3) is 0 Å². The molecule has 8 aromatic carbocycles. The van der Waals surface area contributed by atoms with Crippen LogP contribution in [0.4, 0.5) is 28.8 Å². The minimum Gasteiger partial charge on any atom is -0.493 e. The van der Waals surface area contributed by atoms with Gasteiger partial charge in [-0.2, -0.15) is 0 Å². The zero-order valence-corrected chi connectivity index (χ0v) is 79.5.